The number of allylic oxidation sites excluding steroid dienone is 3. The Morgan fingerprint density at radius 1 is 1.29 bits per heavy atom. The lowest BCUT2D eigenvalue weighted by molar-refractivity contribution is 0.0214. The molecular weight excluding hydrogens is 354 g/mol. The predicted octanol–water partition coefficient (Wildman–Crippen LogP) is 5.04. The van der Waals surface area contributed by atoms with E-state index in [1.165, 1.54) is 10.5 Å². The van der Waals surface area contributed by atoms with Crippen molar-refractivity contribution in [2.24, 2.45) is 11.8 Å². The van der Waals surface area contributed by atoms with Crippen LogP contribution in [0.2, 0.25) is 0 Å². The Labute approximate surface area is 167 Å². The van der Waals surface area contributed by atoms with Crippen LogP contribution in [0, 0.1) is 11.8 Å². The van der Waals surface area contributed by atoms with Gasteiger partial charge in [-0.05, 0) is 63.1 Å². The molecule has 0 bridgehead atoms. The van der Waals surface area contributed by atoms with E-state index in [4.69, 9.17) is 0 Å². The summed E-state index contributed by atoms with van der Waals surface area (Å²) in [6.45, 7) is 10.7. The van der Waals surface area contributed by atoms with Crippen molar-refractivity contribution in [3.63, 3.8) is 0 Å². The van der Waals surface area contributed by atoms with Crippen LogP contribution in [0.4, 0.5) is 4.79 Å². The molecule has 1 aliphatic carbocycles. The van der Waals surface area contributed by atoms with E-state index in [9.17, 15) is 20.1 Å². The standard InChI is InChI=1S/C23H31NO4/c1-5-19-16(12-24(19)23(27)28)9-15-10-20(25)22(21(26)11-15)18-8-14(4)6-7-17(18)13(2)3/h8,10-11,16-19,25-26H,2,5-7,9,12H2,1,3-4H3,(H,27,28)/t16?,17-,18+,19?/m0/s1. The average molecular weight is 386 g/mol. The summed E-state index contributed by atoms with van der Waals surface area (Å²) < 4.78 is 0. The van der Waals surface area contributed by atoms with Crippen molar-refractivity contribution < 1.29 is 20.1 Å². The molecule has 2 aliphatic rings. The van der Waals surface area contributed by atoms with Gasteiger partial charge in [0.2, 0.25) is 0 Å². The van der Waals surface area contributed by atoms with Crippen LogP contribution in [0.15, 0.2) is 35.9 Å². The summed E-state index contributed by atoms with van der Waals surface area (Å²) in [7, 11) is 0. The van der Waals surface area contributed by atoms with Gasteiger partial charge in [0.15, 0.2) is 0 Å². The molecule has 5 nitrogen and oxygen atoms in total. The summed E-state index contributed by atoms with van der Waals surface area (Å²) >= 11 is 0. The van der Waals surface area contributed by atoms with Crippen LogP contribution in [0.25, 0.3) is 0 Å². The Morgan fingerprint density at radius 3 is 2.46 bits per heavy atom. The maximum Gasteiger partial charge on any atom is 0.407 e. The van der Waals surface area contributed by atoms with Crippen LogP contribution in [0.5, 0.6) is 11.5 Å². The number of likely N-dealkylation sites (tertiary alicyclic amines) is 1. The Morgan fingerprint density at radius 2 is 1.93 bits per heavy atom. The highest BCUT2D eigenvalue weighted by Gasteiger charge is 2.40. The van der Waals surface area contributed by atoms with Gasteiger partial charge < -0.3 is 20.2 Å². The fraction of sp³-hybridized carbons (Fsp3) is 0.522. The topological polar surface area (TPSA) is 81.0 Å². The highest BCUT2D eigenvalue weighted by Crippen LogP contribution is 2.46. The molecule has 1 amide bonds. The molecule has 5 heteroatoms. The number of amides is 1. The van der Waals surface area contributed by atoms with Gasteiger partial charge in [-0.2, -0.15) is 0 Å². The first-order valence-electron chi connectivity index (χ1n) is 10.1. The van der Waals surface area contributed by atoms with Crippen molar-refractivity contribution in [1.29, 1.82) is 0 Å². The van der Waals surface area contributed by atoms with Crippen molar-refractivity contribution in [3.8, 4) is 11.5 Å². The number of rotatable bonds is 5. The molecule has 1 aliphatic heterocycles. The number of carboxylic acid groups (broad SMARTS) is 1. The second-order valence-corrected chi connectivity index (χ2v) is 8.45. The van der Waals surface area contributed by atoms with E-state index in [0.29, 0.717) is 18.5 Å². The van der Waals surface area contributed by atoms with Crippen molar-refractivity contribution >= 4 is 6.09 Å². The SMILES string of the molecule is C=C(C)[C@@H]1CCC(C)=C[C@H]1c1c(O)cc(CC2CN(C(=O)O)C2CC)cc1O. The van der Waals surface area contributed by atoms with Gasteiger partial charge in [-0.3, -0.25) is 0 Å². The van der Waals surface area contributed by atoms with Gasteiger partial charge in [-0.25, -0.2) is 4.79 Å². The molecule has 0 aromatic heterocycles. The van der Waals surface area contributed by atoms with Crippen LogP contribution in [0.3, 0.4) is 0 Å². The Hall–Kier alpha value is -2.43. The molecule has 0 radical (unpaired) electrons. The molecule has 1 fully saturated rings. The van der Waals surface area contributed by atoms with Crippen LogP contribution < -0.4 is 0 Å². The normalized spacial score (nSPS) is 27.1. The van der Waals surface area contributed by atoms with E-state index >= 15 is 0 Å². The number of hydrogen-bond donors (Lipinski definition) is 3. The largest absolute Gasteiger partial charge is 0.507 e. The van der Waals surface area contributed by atoms with Crippen molar-refractivity contribution in [3.05, 3.63) is 47.1 Å². The third-order valence-corrected chi connectivity index (χ3v) is 6.45. The van der Waals surface area contributed by atoms with E-state index in [1.807, 2.05) is 13.8 Å². The average Bonchev–Trinajstić information content (AvgIpc) is 2.57. The van der Waals surface area contributed by atoms with Crippen molar-refractivity contribution in [2.45, 2.75) is 58.4 Å². The number of aromatic hydroxyl groups is 2. The third-order valence-electron chi connectivity index (χ3n) is 6.45. The summed E-state index contributed by atoms with van der Waals surface area (Å²) in [4.78, 5) is 12.7. The lowest BCUT2D eigenvalue weighted by Gasteiger charge is -2.46. The van der Waals surface area contributed by atoms with E-state index in [1.54, 1.807) is 12.1 Å². The molecule has 1 heterocycles. The highest BCUT2D eigenvalue weighted by atomic mass is 16.4. The zero-order valence-electron chi connectivity index (χ0n) is 17.0. The molecule has 152 valence electrons. The molecule has 3 rings (SSSR count). The Bertz CT molecular complexity index is 790. The fourth-order valence-electron chi connectivity index (χ4n) is 4.95. The van der Waals surface area contributed by atoms with Crippen LogP contribution >= 0.6 is 0 Å². The summed E-state index contributed by atoms with van der Waals surface area (Å²) in [6.07, 6.45) is 4.64. The van der Waals surface area contributed by atoms with Crippen molar-refractivity contribution in [1.82, 2.24) is 4.90 Å². The molecule has 0 saturated carbocycles. The number of carbonyl (C=O) groups is 1. The minimum atomic E-state index is -0.880. The van der Waals surface area contributed by atoms with Gasteiger partial charge in [-0.15, -0.1) is 0 Å². The van der Waals surface area contributed by atoms with Crippen LogP contribution in [-0.4, -0.2) is 38.9 Å². The zero-order chi connectivity index (χ0) is 20.6. The predicted molar refractivity (Wildman–Crippen MR) is 110 cm³/mol. The smallest absolute Gasteiger partial charge is 0.407 e. The molecule has 1 aromatic carbocycles. The molecule has 3 N–H and O–H groups in total. The fourth-order valence-corrected chi connectivity index (χ4v) is 4.95. The summed E-state index contributed by atoms with van der Waals surface area (Å²) in [6, 6.07) is 3.47. The number of nitrogens with zero attached hydrogens (tertiary/aromatic N) is 1. The minimum Gasteiger partial charge on any atom is -0.507 e. The van der Waals surface area contributed by atoms with E-state index in [0.717, 1.165) is 30.4 Å². The first-order valence-corrected chi connectivity index (χ1v) is 10.1. The van der Waals surface area contributed by atoms with Gasteiger partial charge in [0.1, 0.15) is 11.5 Å². The molecule has 1 aromatic rings. The zero-order valence-corrected chi connectivity index (χ0v) is 17.0. The minimum absolute atomic E-state index is 0.00168. The molecule has 0 spiro atoms. The molecule has 2 unspecified atom stereocenters. The third kappa shape index (κ3) is 3.75. The number of benzene rings is 1. The first kappa shape index (κ1) is 20.3. The molecular formula is C23H31NO4. The first-order chi connectivity index (χ1) is 13.2. The maximum absolute atomic E-state index is 11.2. The van der Waals surface area contributed by atoms with E-state index in [-0.39, 0.29) is 35.3 Å². The maximum atomic E-state index is 11.2. The molecule has 28 heavy (non-hydrogen) atoms. The highest BCUT2D eigenvalue weighted by molar-refractivity contribution is 5.66. The lowest BCUT2D eigenvalue weighted by atomic mass is 9.73. The molecule has 1 saturated heterocycles. The van der Waals surface area contributed by atoms with Gasteiger partial charge in [0.25, 0.3) is 0 Å². The quantitative estimate of drug-likeness (QED) is 0.620. The van der Waals surface area contributed by atoms with Crippen LogP contribution in [0.1, 0.15) is 57.1 Å². The second-order valence-electron chi connectivity index (χ2n) is 8.45. The monoisotopic (exact) mass is 385 g/mol. The van der Waals surface area contributed by atoms with Crippen molar-refractivity contribution in [2.75, 3.05) is 6.54 Å². The Kier molecular flexibility index (Phi) is 5.73. The number of phenolic OH excluding ortho intramolecular Hbond substituents is 2. The second kappa shape index (κ2) is 7.90. The Balaban J connectivity index is 1.84. The van der Waals surface area contributed by atoms with Crippen LogP contribution in [-0.2, 0) is 6.42 Å². The number of phenols is 2. The number of hydrogen-bond acceptors (Lipinski definition) is 3. The van der Waals surface area contributed by atoms with Gasteiger partial charge in [0.05, 0.1) is 0 Å². The summed E-state index contributed by atoms with van der Waals surface area (Å²) in [5, 5.41) is 30.7. The van der Waals surface area contributed by atoms with Gasteiger partial charge >= 0.3 is 6.09 Å². The lowest BCUT2D eigenvalue weighted by Crippen LogP contribution is -2.58. The summed E-state index contributed by atoms with van der Waals surface area (Å²) in [5.41, 5.74) is 3.74. The molecule has 4 atom stereocenters. The van der Waals surface area contributed by atoms with E-state index < -0.39 is 6.09 Å². The van der Waals surface area contributed by atoms with Gasteiger partial charge in [-0.1, -0.05) is 30.7 Å². The van der Waals surface area contributed by atoms with E-state index in [2.05, 4.69) is 19.6 Å². The summed E-state index contributed by atoms with van der Waals surface area (Å²) in [5.74, 6) is 0.562. The van der Waals surface area contributed by atoms with Gasteiger partial charge in [0, 0.05) is 30.0 Å².